The monoisotopic (exact) mass is 342 g/mol. The van der Waals surface area contributed by atoms with Crippen molar-refractivity contribution in [1.29, 1.82) is 0 Å². The Kier molecular flexibility index (Phi) is 5.95. The summed E-state index contributed by atoms with van der Waals surface area (Å²) in [5, 5.41) is 9.80. The number of benzene rings is 1. The van der Waals surface area contributed by atoms with E-state index in [1.165, 1.54) is 31.2 Å². The second-order valence-corrected chi connectivity index (χ2v) is 7.30. The van der Waals surface area contributed by atoms with Crippen LogP contribution in [0.2, 0.25) is 0 Å². The molecule has 0 aromatic heterocycles. The lowest BCUT2D eigenvalue weighted by molar-refractivity contribution is -0.121. The van der Waals surface area contributed by atoms with Gasteiger partial charge in [-0.2, -0.15) is 0 Å². The number of carbonyl (C=O) groups excluding carboxylic acids is 1. The molecule has 2 aliphatic rings. The van der Waals surface area contributed by atoms with Crippen LogP contribution in [0.15, 0.2) is 35.3 Å². The third-order valence-electron chi connectivity index (χ3n) is 5.42. The van der Waals surface area contributed by atoms with Gasteiger partial charge < -0.3 is 16.0 Å². The zero-order valence-corrected chi connectivity index (χ0v) is 15.2. The number of carbonyl (C=O) groups is 1. The summed E-state index contributed by atoms with van der Waals surface area (Å²) in [6.45, 7) is 1.49. The summed E-state index contributed by atoms with van der Waals surface area (Å²) < 4.78 is 0. The van der Waals surface area contributed by atoms with Gasteiger partial charge in [-0.25, -0.2) is 0 Å². The Labute approximate surface area is 150 Å². The highest BCUT2D eigenvalue weighted by Gasteiger charge is 2.43. The largest absolute Gasteiger partial charge is 0.356 e. The fraction of sp³-hybridized carbons (Fsp3) is 0.600. The molecule has 25 heavy (non-hydrogen) atoms. The topological polar surface area (TPSA) is 65.5 Å². The van der Waals surface area contributed by atoms with Crippen LogP contribution in [0.5, 0.6) is 0 Å². The number of amides is 1. The van der Waals surface area contributed by atoms with Gasteiger partial charge in [0.1, 0.15) is 0 Å². The lowest BCUT2D eigenvalue weighted by Crippen LogP contribution is -2.43. The molecule has 1 aromatic rings. The molecule has 0 radical (unpaired) electrons. The van der Waals surface area contributed by atoms with Gasteiger partial charge in [0, 0.05) is 38.0 Å². The van der Waals surface area contributed by atoms with Crippen molar-refractivity contribution in [2.24, 2.45) is 4.99 Å². The highest BCUT2D eigenvalue weighted by molar-refractivity contribution is 5.81. The number of hydrogen-bond acceptors (Lipinski definition) is 2. The van der Waals surface area contributed by atoms with E-state index in [-0.39, 0.29) is 11.3 Å². The molecule has 0 heterocycles. The van der Waals surface area contributed by atoms with Gasteiger partial charge >= 0.3 is 0 Å². The molecule has 2 fully saturated rings. The van der Waals surface area contributed by atoms with Crippen molar-refractivity contribution in [2.75, 3.05) is 20.1 Å². The van der Waals surface area contributed by atoms with Crippen molar-refractivity contribution in [3.8, 4) is 0 Å². The lowest BCUT2D eigenvalue weighted by atomic mass is 9.96. The average Bonchev–Trinajstić information content (AvgIpc) is 3.27. The molecule has 0 aliphatic heterocycles. The van der Waals surface area contributed by atoms with Gasteiger partial charge in [-0.1, -0.05) is 43.2 Å². The molecule has 1 amide bonds. The molecular weight excluding hydrogens is 312 g/mol. The second-order valence-electron chi connectivity index (χ2n) is 7.30. The van der Waals surface area contributed by atoms with Crippen LogP contribution in [0.4, 0.5) is 0 Å². The van der Waals surface area contributed by atoms with Crippen LogP contribution in [0, 0.1) is 0 Å². The maximum atomic E-state index is 12.0. The standard InChI is InChI=1S/C20H30N4O/c1-21-19(22-14-11-18(25)24-17-9-5-6-10-17)23-15-20(12-13-20)16-7-3-2-4-8-16/h2-4,7-8,17H,5-6,9-15H2,1H3,(H,24,25)(H2,21,22,23). The Morgan fingerprint density at radius 3 is 2.52 bits per heavy atom. The maximum absolute atomic E-state index is 12.0. The highest BCUT2D eigenvalue weighted by Crippen LogP contribution is 2.47. The summed E-state index contributed by atoms with van der Waals surface area (Å²) in [6, 6.07) is 11.1. The molecule has 2 saturated carbocycles. The fourth-order valence-corrected chi connectivity index (χ4v) is 3.65. The number of hydrogen-bond donors (Lipinski definition) is 3. The molecule has 136 valence electrons. The SMILES string of the molecule is CN=C(NCCC(=O)NC1CCCC1)NCC1(c2ccccc2)CC1. The summed E-state index contributed by atoms with van der Waals surface area (Å²) in [4.78, 5) is 16.2. The van der Waals surface area contributed by atoms with Crippen molar-refractivity contribution in [1.82, 2.24) is 16.0 Å². The quantitative estimate of drug-likeness (QED) is 0.526. The molecule has 2 aliphatic carbocycles. The minimum atomic E-state index is 0.137. The normalized spacial score (nSPS) is 19.5. The van der Waals surface area contributed by atoms with Gasteiger partial charge in [0.05, 0.1) is 0 Å². The van der Waals surface area contributed by atoms with E-state index in [9.17, 15) is 4.79 Å². The molecule has 5 nitrogen and oxygen atoms in total. The first kappa shape index (κ1) is 17.8. The van der Waals surface area contributed by atoms with E-state index < -0.39 is 0 Å². The molecule has 3 N–H and O–H groups in total. The zero-order chi connectivity index (χ0) is 17.5. The third kappa shape index (κ3) is 4.97. The summed E-state index contributed by atoms with van der Waals surface area (Å²) >= 11 is 0. The number of aliphatic imine (C=N–C) groups is 1. The molecule has 0 spiro atoms. The molecule has 0 unspecified atom stereocenters. The van der Waals surface area contributed by atoms with Gasteiger partial charge in [-0.05, 0) is 31.2 Å². The predicted molar refractivity (Wildman–Crippen MR) is 102 cm³/mol. The van der Waals surface area contributed by atoms with Crippen LogP contribution in [0.1, 0.15) is 50.5 Å². The third-order valence-corrected chi connectivity index (χ3v) is 5.42. The maximum Gasteiger partial charge on any atom is 0.221 e. The fourth-order valence-electron chi connectivity index (χ4n) is 3.65. The Balaban J connectivity index is 1.38. The number of nitrogens with one attached hydrogen (secondary N) is 3. The van der Waals surface area contributed by atoms with Crippen LogP contribution in [0.3, 0.4) is 0 Å². The summed E-state index contributed by atoms with van der Waals surface area (Å²) in [5.41, 5.74) is 1.65. The van der Waals surface area contributed by atoms with Crippen molar-refractivity contribution in [3.63, 3.8) is 0 Å². The van der Waals surface area contributed by atoms with E-state index in [0.29, 0.717) is 19.0 Å². The van der Waals surface area contributed by atoms with Crippen LogP contribution < -0.4 is 16.0 Å². The molecule has 0 atom stereocenters. The molecule has 5 heteroatoms. The van der Waals surface area contributed by atoms with E-state index in [1.807, 2.05) is 0 Å². The van der Waals surface area contributed by atoms with Crippen LogP contribution in [-0.4, -0.2) is 38.0 Å². The van der Waals surface area contributed by atoms with Crippen molar-refractivity contribution in [3.05, 3.63) is 35.9 Å². The second kappa shape index (κ2) is 8.37. The van der Waals surface area contributed by atoms with Crippen LogP contribution in [0.25, 0.3) is 0 Å². The Morgan fingerprint density at radius 1 is 1.16 bits per heavy atom. The van der Waals surface area contributed by atoms with Gasteiger partial charge in [0.25, 0.3) is 0 Å². The molecule has 3 rings (SSSR count). The van der Waals surface area contributed by atoms with E-state index in [4.69, 9.17) is 0 Å². The Hall–Kier alpha value is -2.04. The number of nitrogens with zero attached hydrogens (tertiary/aromatic N) is 1. The van der Waals surface area contributed by atoms with Gasteiger partial charge in [-0.15, -0.1) is 0 Å². The predicted octanol–water partition coefficient (Wildman–Crippen LogP) is 2.33. The number of rotatable bonds is 7. The van der Waals surface area contributed by atoms with Crippen molar-refractivity contribution >= 4 is 11.9 Å². The summed E-state index contributed by atoms with van der Waals surface area (Å²) in [7, 11) is 1.77. The van der Waals surface area contributed by atoms with E-state index in [0.717, 1.165) is 25.3 Å². The van der Waals surface area contributed by atoms with E-state index in [1.54, 1.807) is 7.05 Å². The summed E-state index contributed by atoms with van der Waals surface area (Å²) in [6.07, 6.45) is 7.65. The lowest BCUT2D eigenvalue weighted by Gasteiger charge is -2.19. The van der Waals surface area contributed by atoms with Gasteiger partial charge in [-0.3, -0.25) is 9.79 Å². The van der Waals surface area contributed by atoms with Crippen molar-refractivity contribution in [2.45, 2.75) is 56.4 Å². The van der Waals surface area contributed by atoms with Crippen molar-refractivity contribution < 1.29 is 4.79 Å². The Morgan fingerprint density at radius 2 is 1.88 bits per heavy atom. The van der Waals surface area contributed by atoms with E-state index in [2.05, 4.69) is 51.3 Å². The first-order valence-electron chi connectivity index (χ1n) is 9.51. The zero-order valence-electron chi connectivity index (χ0n) is 15.2. The Bertz CT molecular complexity index is 589. The minimum absolute atomic E-state index is 0.137. The smallest absolute Gasteiger partial charge is 0.221 e. The first-order chi connectivity index (χ1) is 12.2. The molecular formula is C20H30N4O. The summed E-state index contributed by atoms with van der Waals surface area (Å²) in [5.74, 6) is 0.911. The molecule has 1 aromatic carbocycles. The first-order valence-corrected chi connectivity index (χ1v) is 9.51. The van der Waals surface area contributed by atoms with Gasteiger partial charge in [0.2, 0.25) is 5.91 Å². The van der Waals surface area contributed by atoms with Crippen LogP contribution in [-0.2, 0) is 10.2 Å². The number of guanidine groups is 1. The highest BCUT2D eigenvalue weighted by atomic mass is 16.1. The molecule has 0 bridgehead atoms. The minimum Gasteiger partial charge on any atom is -0.356 e. The molecule has 0 saturated heterocycles. The average molecular weight is 342 g/mol. The van der Waals surface area contributed by atoms with Crippen LogP contribution >= 0.6 is 0 Å². The van der Waals surface area contributed by atoms with Gasteiger partial charge in [0.15, 0.2) is 5.96 Å². The van der Waals surface area contributed by atoms with E-state index >= 15 is 0 Å².